The number of phenolic OH excluding ortho intramolecular Hbond substituents is 1. The van der Waals surface area contributed by atoms with Gasteiger partial charge in [-0.2, -0.15) is 5.26 Å². The predicted molar refractivity (Wildman–Crippen MR) is 76.3 cm³/mol. The van der Waals surface area contributed by atoms with Crippen LogP contribution in [0, 0.1) is 18.5 Å². The quantitative estimate of drug-likeness (QED) is 0.419. The number of aromatic hydroxyl groups is 1. The minimum Gasteiger partial charge on any atom is -0.506 e. The van der Waals surface area contributed by atoms with E-state index < -0.39 is 5.91 Å². The van der Waals surface area contributed by atoms with Crippen molar-refractivity contribution in [1.29, 1.82) is 5.26 Å². The van der Waals surface area contributed by atoms with Gasteiger partial charge in [-0.1, -0.05) is 0 Å². The number of phenols is 1. The SMILES string of the molecule is N#C/C(=C/c1cc(I)cc(I)c1O)C(N)=O. The molecule has 0 bridgehead atoms. The molecule has 1 aromatic carbocycles. The summed E-state index contributed by atoms with van der Waals surface area (Å²) in [7, 11) is 0. The van der Waals surface area contributed by atoms with E-state index in [1.54, 1.807) is 18.2 Å². The van der Waals surface area contributed by atoms with Crippen molar-refractivity contribution in [3.8, 4) is 11.8 Å². The third kappa shape index (κ3) is 3.08. The highest BCUT2D eigenvalue weighted by Crippen LogP contribution is 2.28. The molecule has 1 amide bonds. The van der Waals surface area contributed by atoms with Gasteiger partial charge in [-0.05, 0) is 63.4 Å². The second-order valence-electron chi connectivity index (χ2n) is 2.86. The third-order valence-electron chi connectivity index (χ3n) is 1.74. The highest BCUT2D eigenvalue weighted by molar-refractivity contribution is 14.1. The Kier molecular flexibility index (Phi) is 4.55. The maximum Gasteiger partial charge on any atom is 0.259 e. The Morgan fingerprint density at radius 3 is 2.62 bits per heavy atom. The van der Waals surface area contributed by atoms with Crippen LogP contribution in [0.2, 0.25) is 0 Å². The Morgan fingerprint density at radius 2 is 2.12 bits per heavy atom. The standard InChI is InChI=1S/C10H6I2N2O2/c11-7-2-5(9(15)8(12)3-7)1-6(4-13)10(14)16/h1-3,15H,(H2,14,16)/b6-1-. The molecular weight excluding hydrogens is 434 g/mol. The van der Waals surface area contributed by atoms with Gasteiger partial charge in [0.2, 0.25) is 0 Å². The van der Waals surface area contributed by atoms with E-state index in [2.05, 4.69) is 22.6 Å². The van der Waals surface area contributed by atoms with Gasteiger partial charge in [0.05, 0.1) is 3.57 Å². The molecule has 0 saturated carbocycles. The summed E-state index contributed by atoms with van der Waals surface area (Å²) >= 11 is 4.05. The van der Waals surface area contributed by atoms with Crippen LogP contribution >= 0.6 is 45.2 Å². The zero-order valence-corrected chi connectivity index (χ0v) is 12.2. The molecule has 4 nitrogen and oxygen atoms in total. The van der Waals surface area contributed by atoms with Crippen molar-refractivity contribution in [2.45, 2.75) is 0 Å². The van der Waals surface area contributed by atoms with Crippen LogP contribution in [0.1, 0.15) is 5.56 Å². The van der Waals surface area contributed by atoms with Crippen LogP contribution in [0.25, 0.3) is 6.08 Å². The highest BCUT2D eigenvalue weighted by atomic mass is 127. The van der Waals surface area contributed by atoms with Crippen molar-refractivity contribution in [2.75, 3.05) is 0 Å². The second kappa shape index (κ2) is 5.49. The number of carbonyl (C=O) groups excluding carboxylic acids is 1. The zero-order valence-electron chi connectivity index (χ0n) is 7.87. The first-order chi connectivity index (χ1) is 7.45. The van der Waals surface area contributed by atoms with E-state index in [-0.39, 0.29) is 11.3 Å². The maximum atomic E-state index is 10.9. The molecule has 0 aliphatic rings. The molecule has 3 N–H and O–H groups in total. The van der Waals surface area contributed by atoms with E-state index in [1.807, 2.05) is 22.6 Å². The average molecular weight is 440 g/mol. The summed E-state index contributed by atoms with van der Waals surface area (Å²) in [5.74, 6) is -0.772. The second-order valence-corrected chi connectivity index (χ2v) is 5.27. The lowest BCUT2D eigenvalue weighted by atomic mass is 10.1. The minimum atomic E-state index is -0.809. The van der Waals surface area contributed by atoms with Gasteiger partial charge < -0.3 is 10.8 Å². The topological polar surface area (TPSA) is 87.1 Å². The van der Waals surface area contributed by atoms with Crippen LogP contribution in [0.3, 0.4) is 0 Å². The average Bonchev–Trinajstić information content (AvgIpc) is 2.20. The van der Waals surface area contributed by atoms with E-state index >= 15 is 0 Å². The number of nitrogens with two attached hydrogens (primary N) is 1. The van der Waals surface area contributed by atoms with Gasteiger partial charge in [-0.15, -0.1) is 0 Å². The number of nitrogens with zero attached hydrogens (tertiary/aromatic N) is 1. The van der Waals surface area contributed by atoms with Crippen LogP contribution in [-0.2, 0) is 4.79 Å². The van der Waals surface area contributed by atoms with Gasteiger partial charge in [-0.3, -0.25) is 4.79 Å². The summed E-state index contributed by atoms with van der Waals surface area (Å²) in [4.78, 5) is 10.9. The predicted octanol–water partition coefficient (Wildman–Crippen LogP) is 1.99. The molecule has 16 heavy (non-hydrogen) atoms. The molecule has 0 spiro atoms. The molecule has 0 unspecified atom stereocenters. The number of nitriles is 1. The lowest BCUT2D eigenvalue weighted by Gasteiger charge is -2.03. The largest absolute Gasteiger partial charge is 0.506 e. The van der Waals surface area contributed by atoms with Crippen LogP contribution in [0.5, 0.6) is 5.75 Å². The fraction of sp³-hybridized carbons (Fsp3) is 0. The summed E-state index contributed by atoms with van der Waals surface area (Å²) in [6, 6.07) is 5.13. The number of amides is 1. The summed E-state index contributed by atoms with van der Waals surface area (Å²) in [5.41, 5.74) is 5.23. The highest BCUT2D eigenvalue weighted by Gasteiger charge is 2.09. The molecule has 82 valence electrons. The number of hydrogen-bond acceptors (Lipinski definition) is 3. The lowest BCUT2D eigenvalue weighted by molar-refractivity contribution is -0.114. The number of rotatable bonds is 2. The molecule has 0 aliphatic carbocycles. The van der Waals surface area contributed by atoms with Crippen LogP contribution in [0.15, 0.2) is 17.7 Å². The molecule has 0 fully saturated rings. The van der Waals surface area contributed by atoms with Crippen molar-refractivity contribution in [3.63, 3.8) is 0 Å². The minimum absolute atomic E-state index is 0.0371. The van der Waals surface area contributed by atoms with Crippen molar-refractivity contribution in [1.82, 2.24) is 0 Å². The molecule has 0 heterocycles. The van der Waals surface area contributed by atoms with Gasteiger partial charge >= 0.3 is 0 Å². The summed E-state index contributed by atoms with van der Waals surface area (Å²) in [6.07, 6.45) is 1.28. The molecular formula is C10H6I2N2O2. The summed E-state index contributed by atoms with van der Waals surface area (Å²) in [6.45, 7) is 0. The fourth-order valence-corrected chi connectivity index (χ4v) is 2.90. The summed E-state index contributed by atoms with van der Waals surface area (Å²) in [5, 5.41) is 18.4. The van der Waals surface area contributed by atoms with E-state index in [9.17, 15) is 9.90 Å². The van der Waals surface area contributed by atoms with Crippen molar-refractivity contribution in [3.05, 3.63) is 30.4 Å². The van der Waals surface area contributed by atoms with Crippen LogP contribution < -0.4 is 5.73 Å². The molecule has 6 heteroatoms. The van der Waals surface area contributed by atoms with Gasteiger partial charge in [0, 0.05) is 9.13 Å². The van der Waals surface area contributed by atoms with Gasteiger partial charge in [0.15, 0.2) is 0 Å². The molecule has 0 radical (unpaired) electrons. The van der Waals surface area contributed by atoms with Gasteiger partial charge in [0.1, 0.15) is 17.4 Å². The van der Waals surface area contributed by atoms with Gasteiger partial charge in [-0.25, -0.2) is 0 Å². The van der Waals surface area contributed by atoms with E-state index in [1.165, 1.54) is 6.08 Å². The Hall–Kier alpha value is -0.820. The first-order valence-electron chi connectivity index (χ1n) is 4.05. The summed E-state index contributed by atoms with van der Waals surface area (Å²) < 4.78 is 1.55. The molecule has 0 aliphatic heterocycles. The van der Waals surface area contributed by atoms with E-state index in [0.717, 1.165) is 3.57 Å². The number of hydrogen-bond donors (Lipinski definition) is 2. The molecule has 0 saturated heterocycles. The van der Waals surface area contributed by atoms with Crippen LogP contribution in [-0.4, -0.2) is 11.0 Å². The zero-order chi connectivity index (χ0) is 12.3. The Morgan fingerprint density at radius 1 is 1.50 bits per heavy atom. The molecule has 1 rings (SSSR count). The smallest absolute Gasteiger partial charge is 0.259 e. The molecule has 1 aromatic rings. The Balaban J connectivity index is 3.35. The normalized spacial score (nSPS) is 10.9. The van der Waals surface area contributed by atoms with Crippen molar-refractivity contribution >= 4 is 57.2 Å². The Labute approximate surface area is 119 Å². The third-order valence-corrected chi connectivity index (χ3v) is 3.19. The number of carbonyl (C=O) groups is 1. The lowest BCUT2D eigenvalue weighted by Crippen LogP contribution is -2.12. The number of primary amides is 1. The Bertz CT molecular complexity index is 518. The van der Waals surface area contributed by atoms with Crippen molar-refractivity contribution < 1.29 is 9.90 Å². The fourth-order valence-electron chi connectivity index (χ4n) is 1.01. The van der Waals surface area contributed by atoms with E-state index in [4.69, 9.17) is 11.0 Å². The number of halogens is 2. The van der Waals surface area contributed by atoms with E-state index in [0.29, 0.717) is 9.13 Å². The molecule has 0 aromatic heterocycles. The molecule has 0 atom stereocenters. The first kappa shape index (κ1) is 13.2. The monoisotopic (exact) mass is 440 g/mol. The van der Waals surface area contributed by atoms with Gasteiger partial charge in [0.25, 0.3) is 5.91 Å². The first-order valence-corrected chi connectivity index (χ1v) is 6.21. The maximum absolute atomic E-state index is 10.9. The number of benzene rings is 1. The van der Waals surface area contributed by atoms with Crippen LogP contribution in [0.4, 0.5) is 0 Å². The van der Waals surface area contributed by atoms with Crippen molar-refractivity contribution in [2.24, 2.45) is 5.73 Å².